The van der Waals surface area contributed by atoms with Crippen molar-refractivity contribution >= 4 is 34.9 Å². The Labute approximate surface area is 186 Å². The van der Waals surface area contributed by atoms with Gasteiger partial charge in [0.2, 0.25) is 0 Å². The number of ether oxygens (including phenoxy) is 4. The second-order valence-corrected chi connectivity index (χ2v) is 8.21. The van der Waals surface area contributed by atoms with Gasteiger partial charge < -0.3 is 38.3 Å². The molecule has 2 aromatic carbocycles. The Balaban J connectivity index is 2.13. The normalized spacial score (nSPS) is 13.4. The molecule has 0 bridgehead atoms. The van der Waals surface area contributed by atoms with E-state index in [1.54, 1.807) is 0 Å². The van der Waals surface area contributed by atoms with Crippen LogP contribution in [0.5, 0.6) is 34.5 Å². The van der Waals surface area contributed by atoms with E-state index in [1.165, 1.54) is 75.7 Å². The summed E-state index contributed by atoms with van der Waals surface area (Å²) in [5.74, 6) is 1.18. The average molecular weight is 470 g/mol. The van der Waals surface area contributed by atoms with Crippen LogP contribution in [0.2, 0.25) is 0 Å². The third kappa shape index (κ3) is 6.64. The lowest BCUT2D eigenvalue weighted by Gasteiger charge is -2.12. The number of methoxy groups -OCH3 is 4. The average Bonchev–Trinajstić information content (AvgIpc) is 2.75. The standard InChI is InChI=1S/C20H23NO8S2/c1-26-17-9-13(22)10-18(27-2)15(17)5-7-30(24)21-31(25)8-6-16-19(28-3)11-14(23)12-20(16)29-4/h5-12,21-23H,1-4H3. The molecule has 11 heteroatoms. The number of nitrogens with one attached hydrogen (secondary N) is 1. The van der Waals surface area contributed by atoms with Gasteiger partial charge in [-0.1, -0.05) is 0 Å². The highest BCUT2D eigenvalue weighted by Gasteiger charge is 2.16. The van der Waals surface area contributed by atoms with E-state index in [-0.39, 0.29) is 11.5 Å². The van der Waals surface area contributed by atoms with Gasteiger partial charge in [0.05, 0.1) is 39.6 Å². The van der Waals surface area contributed by atoms with Gasteiger partial charge in [0.1, 0.15) is 68.0 Å². The number of benzene rings is 2. The van der Waals surface area contributed by atoms with Crippen molar-refractivity contribution in [2.75, 3.05) is 28.4 Å². The molecule has 0 amide bonds. The van der Waals surface area contributed by atoms with Gasteiger partial charge >= 0.3 is 0 Å². The van der Waals surface area contributed by atoms with Gasteiger partial charge in [-0.05, 0) is 0 Å². The van der Waals surface area contributed by atoms with Gasteiger partial charge in [-0.3, -0.25) is 0 Å². The highest BCUT2D eigenvalue weighted by molar-refractivity contribution is 8.07. The van der Waals surface area contributed by atoms with E-state index in [2.05, 4.69) is 4.13 Å². The van der Waals surface area contributed by atoms with Crippen molar-refractivity contribution in [1.29, 1.82) is 0 Å². The largest absolute Gasteiger partial charge is 0.590 e. The number of aromatic hydroxyl groups is 2. The van der Waals surface area contributed by atoms with Crippen molar-refractivity contribution in [3.8, 4) is 34.5 Å². The van der Waals surface area contributed by atoms with Crippen LogP contribution in [0.4, 0.5) is 0 Å². The van der Waals surface area contributed by atoms with Crippen LogP contribution in [-0.2, 0) is 22.7 Å². The molecule has 0 aliphatic carbocycles. The van der Waals surface area contributed by atoms with Crippen LogP contribution in [0.3, 0.4) is 0 Å². The van der Waals surface area contributed by atoms with Crippen molar-refractivity contribution in [1.82, 2.24) is 4.13 Å². The predicted octanol–water partition coefficient (Wildman–Crippen LogP) is 2.69. The lowest BCUT2D eigenvalue weighted by molar-refractivity contribution is 0.383. The van der Waals surface area contributed by atoms with Crippen molar-refractivity contribution in [3.05, 3.63) is 46.2 Å². The summed E-state index contributed by atoms with van der Waals surface area (Å²) >= 11 is -3.62. The van der Waals surface area contributed by atoms with Crippen LogP contribution in [0.15, 0.2) is 35.1 Å². The molecule has 2 unspecified atom stereocenters. The van der Waals surface area contributed by atoms with Gasteiger partial charge in [-0.2, -0.15) is 0 Å². The van der Waals surface area contributed by atoms with Crippen LogP contribution in [0.25, 0.3) is 12.2 Å². The minimum absolute atomic E-state index is 0.0450. The van der Waals surface area contributed by atoms with E-state index < -0.39 is 22.7 Å². The SMILES string of the molecule is COc1cc(O)cc(OC)c1C=C[S+]([O-])N[S+]([O-])C=Cc1c(OC)cc(O)cc1OC. The monoisotopic (exact) mass is 469 g/mol. The Morgan fingerprint density at radius 3 is 1.23 bits per heavy atom. The Kier molecular flexibility index (Phi) is 9.21. The summed E-state index contributed by atoms with van der Waals surface area (Å²) in [6, 6.07) is 5.55. The highest BCUT2D eigenvalue weighted by Crippen LogP contribution is 2.35. The third-order valence-electron chi connectivity index (χ3n) is 3.94. The number of phenols is 2. The van der Waals surface area contributed by atoms with E-state index in [0.717, 1.165) is 0 Å². The lowest BCUT2D eigenvalue weighted by atomic mass is 10.1. The Morgan fingerprint density at radius 1 is 0.677 bits per heavy atom. The summed E-state index contributed by atoms with van der Waals surface area (Å²) in [7, 11) is 5.69. The minimum Gasteiger partial charge on any atom is -0.590 e. The van der Waals surface area contributed by atoms with Gasteiger partial charge in [0, 0.05) is 40.5 Å². The molecule has 0 fully saturated rings. The molecule has 0 saturated carbocycles. The molecular weight excluding hydrogens is 446 g/mol. The quantitative estimate of drug-likeness (QED) is 0.449. The maximum atomic E-state index is 12.3. The van der Waals surface area contributed by atoms with Crippen molar-refractivity contribution in [2.45, 2.75) is 0 Å². The smallest absolute Gasteiger partial charge is 0.143 e. The van der Waals surface area contributed by atoms with Crippen LogP contribution < -0.4 is 23.1 Å². The first kappa shape index (κ1) is 24.6. The molecule has 168 valence electrons. The molecule has 0 aliphatic heterocycles. The topological polar surface area (TPSA) is 136 Å². The predicted molar refractivity (Wildman–Crippen MR) is 120 cm³/mol. The zero-order chi connectivity index (χ0) is 23.0. The van der Waals surface area contributed by atoms with Crippen LogP contribution in [0, 0.1) is 0 Å². The second kappa shape index (κ2) is 11.6. The molecule has 0 heterocycles. The molecule has 2 rings (SSSR count). The van der Waals surface area contributed by atoms with Crippen LogP contribution >= 0.6 is 0 Å². The van der Waals surface area contributed by atoms with Gasteiger partial charge in [-0.15, -0.1) is 0 Å². The number of hydrogen-bond donors (Lipinski definition) is 3. The molecule has 2 aromatic rings. The summed E-state index contributed by atoms with van der Waals surface area (Å²) in [5.41, 5.74) is 0.913. The van der Waals surface area contributed by atoms with Gasteiger partial charge in [0.15, 0.2) is 0 Å². The number of rotatable bonds is 10. The third-order valence-corrected chi connectivity index (χ3v) is 6.02. The zero-order valence-electron chi connectivity index (χ0n) is 17.3. The molecule has 0 aliphatic rings. The molecule has 9 nitrogen and oxygen atoms in total. The van der Waals surface area contributed by atoms with Gasteiger partial charge in [0.25, 0.3) is 0 Å². The lowest BCUT2D eigenvalue weighted by Crippen LogP contribution is -2.27. The summed E-state index contributed by atoms with van der Waals surface area (Å²) in [6.45, 7) is 0. The van der Waals surface area contributed by atoms with Gasteiger partial charge in [-0.25, -0.2) is 0 Å². The Bertz CT molecular complexity index is 825. The molecule has 31 heavy (non-hydrogen) atoms. The summed E-state index contributed by atoms with van der Waals surface area (Å²) in [6.07, 6.45) is 2.93. The van der Waals surface area contributed by atoms with Crippen molar-refractivity contribution in [3.63, 3.8) is 0 Å². The van der Waals surface area contributed by atoms with Crippen LogP contribution in [-0.4, -0.2) is 47.8 Å². The number of hydrogen-bond acceptors (Lipinski definition) is 9. The maximum absolute atomic E-state index is 12.3. The molecular formula is C20H23NO8S2. The summed E-state index contributed by atoms with van der Waals surface area (Å²) in [4.78, 5) is 0. The molecule has 0 spiro atoms. The number of phenolic OH excluding ortho intramolecular Hbond substituents is 2. The zero-order valence-corrected chi connectivity index (χ0v) is 18.9. The molecule has 3 N–H and O–H groups in total. The fraction of sp³-hybridized carbons (Fsp3) is 0.200. The maximum Gasteiger partial charge on any atom is 0.143 e. The summed E-state index contributed by atoms with van der Waals surface area (Å²) in [5, 5.41) is 21.9. The molecule has 0 aromatic heterocycles. The first-order valence-electron chi connectivity index (χ1n) is 8.66. The Hall–Kier alpha value is -2.70. The van der Waals surface area contributed by atoms with Crippen molar-refractivity contribution in [2.24, 2.45) is 0 Å². The first-order valence-corrected chi connectivity index (χ1v) is 11.1. The summed E-state index contributed by atoms with van der Waals surface area (Å²) < 4.78 is 47.7. The van der Waals surface area contributed by atoms with E-state index in [9.17, 15) is 19.3 Å². The molecule has 0 radical (unpaired) electrons. The van der Waals surface area contributed by atoms with Crippen LogP contribution in [0.1, 0.15) is 11.1 Å². The fourth-order valence-electron chi connectivity index (χ4n) is 2.57. The highest BCUT2D eigenvalue weighted by atomic mass is 32.3. The molecule has 0 saturated heterocycles. The van der Waals surface area contributed by atoms with E-state index >= 15 is 0 Å². The molecule has 2 atom stereocenters. The van der Waals surface area contributed by atoms with E-state index in [4.69, 9.17) is 18.9 Å². The minimum atomic E-state index is -1.81. The van der Waals surface area contributed by atoms with Crippen molar-refractivity contribution < 1.29 is 38.3 Å². The Morgan fingerprint density at radius 2 is 0.968 bits per heavy atom. The fourth-order valence-corrected chi connectivity index (χ4v) is 4.19. The van der Waals surface area contributed by atoms with E-state index in [1.807, 2.05) is 0 Å². The first-order chi connectivity index (χ1) is 14.8. The van der Waals surface area contributed by atoms with E-state index in [0.29, 0.717) is 34.1 Å². The second-order valence-electron chi connectivity index (χ2n) is 5.81.